The molecule has 2 heterocycles. The Labute approximate surface area is 135 Å². The number of ketones is 1. The molecule has 2 aromatic carbocycles. The number of hydrogen-bond donors (Lipinski definition) is 2. The first kappa shape index (κ1) is 14.4. The van der Waals surface area contributed by atoms with Crippen molar-refractivity contribution in [2.45, 2.75) is 12.8 Å². The van der Waals surface area contributed by atoms with E-state index in [9.17, 15) is 9.59 Å². The van der Waals surface area contributed by atoms with E-state index in [0.717, 1.165) is 30.2 Å². The van der Waals surface area contributed by atoms with Crippen LogP contribution in [-0.2, 0) is 4.79 Å². The van der Waals surface area contributed by atoms with E-state index in [0.29, 0.717) is 18.7 Å². The number of amides is 1. The second-order valence-corrected chi connectivity index (χ2v) is 6.59. The Hall–Kier alpha value is -2.20. The zero-order valence-corrected chi connectivity index (χ0v) is 13.0. The van der Waals surface area contributed by atoms with Crippen LogP contribution in [0.25, 0.3) is 10.8 Å². The Balaban J connectivity index is 1.72. The average molecular weight is 308 g/mol. The van der Waals surface area contributed by atoms with Gasteiger partial charge in [-0.2, -0.15) is 0 Å². The number of rotatable bonds is 2. The topological polar surface area (TPSA) is 58.2 Å². The lowest BCUT2D eigenvalue weighted by Crippen LogP contribution is -2.52. The van der Waals surface area contributed by atoms with Gasteiger partial charge in [-0.1, -0.05) is 36.4 Å². The predicted octanol–water partition coefficient (Wildman–Crippen LogP) is 2.14. The van der Waals surface area contributed by atoms with Gasteiger partial charge in [0, 0.05) is 24.6 Å². The lowest BCUT2D eigenvalue weighted by atomic mass is 9.67. The molecule has 0 radical (unpaired) electrons. The summed E-state index contributed by atoms with van der Waals surface area (Å²) in [5, 5.41) is 8.41. The smallest absolute Gasteiger partial charge is 0.227 e. The summed E-state index contributed by atoms with van der Waals surface area (Å²) in [7, 11) is 0. The molecule has 2 aromatic rings. The highest BCUT2D eigenvalue weighted by molar-refractivity contribution is 6.04. The molecule has 2 aliphatic heterocycles. The molecule has 1 amide bonds. The molecule has 0 aromatic heterocycles. The van der Waals surface area contributed by atoms with Crippen LogP contribution in [0.2, 0.25) is 0 Å². The van der Waals surface area contributed by atoms with Gasteiger partial charge in [-0.25, -0.2) is 0 Å². The maximum absolute atomic E-state index is 13.1. The van der Waals surface area contributed by atoms with Crippen molar-refractivity contribution in [1.82, 2.24) is 10.6 Å². The van der Waals surface area contributed by atoms with Crippen molar-refractivity contribution < 1.29 is 9.59 Å². The number of carbonyl (C=O) groups is 2. The molecule has 4 heteroatoms. The maximum atomic E-state index is 13.1. The van der Waals surface area contributed by atoms with Crippen molar-refractivity contribution in [1.29, 1.82) is 0 Å². The molecule has 2 saturated heterocycles. The highest BCUT2D eigenvalue weighted by Crippen LogP contribution is 2.42. The summed E-state index contributed by atoms with van der Waals surface area (Å²) in [6, 6.07) is 13.9. The van der Waals surface area contributed by atoms with Crippen LogP contribution in [-0.4, -0.2) is 31.3 Å². The third-order valence-corrected chi connectivity index (χ3v) is 5.42. The van der Waals surface area contributed by atoms with Gasteiger partial charge in [0.2, 0.25) is 5.91 Å². The first-order valence-electron chi connectivity index (χ1n) is 8.23. The fourth-order valence-corrected chi connectivity index (χ4v) is 4.07. The van der Waals surface area contributed by atoms with Crippen molar-refractivity contribution in [3.05, 3.63) is 48.0 Å². The molecule has 2 unspecified atom stereocenters. The maximum Gasteiger partial charge on any atom is 0.227 e. The van der Waals surface area contributed by atoms with Gasteiger partial charge in [-0.15, -0.1) is 0 Å². The third-order valence-electron chi connectivity index (χ3n) is 5.42. The number of fused-ring (bicyclic) bond motifs is 1. The first-order chi connectivity index (χ1) is 11.2. The molecule has 23 heavy (non-hydrogen) atoms. The summed E-state index contributed by atoms with van der Waals surface area (Å²) in [5.74, 6) is -0.141. The average Bonchev–Trinajstić information content (AvgIpc) is 2.95. The highest BCUT2D eigenvalue weighted by atomic mass is 16.2. The monoisotopic (exact) mass is 308 g/mol. The number of carbonyl (C=O) groups excluding carboxylic acids is 2. The third kappa shape index (κ3) is 2.25. The van der Waals surface area contributed by atoms with E-state index < -0.39 is 5.41 Å². The normalized spacial score (nSPS) is 27.3. The number of nitrogens with one attached hydrogen (secondary N) is 2. The van der Waals surface area contributed by atoms with E-state index in [1.165, 1.54) is 0 Å². The molecule has 4 nitrogen and oxygen atoms in total. The second-order valence-electron chi connectivity index (χ2n) is 6.59. The first-order valence-corrected chi connectivity index (χ1v) is 8.23. The van der Waals surface area contributed by atoms with E-state index in [4.69, 9.17) is 0 Å². The molecule has 2 fully saturated rings. The summed E-state index contributed by atoms with van der Waals surface area (Å²) in [6.07, 6.45) is 1.50. The minimum atomic E-state index is -0.520. The van der Waals surface area contributed by atoms with Gasteiger partial charge < -0.3 is 10.6 Å². The molecule has 0 saturated carbocycles. The molecule has 2 aliphatic rings. The van der Waals surface area contributed by atoms with Gasteiger partial charge in [-0.3, -0.25) is 9.59 Å². The number of piperidine rings is 1. The van der Waals surface area contributed by atoms with E-state index in [1.54, 1.807) is 0 Å². The Bertz CT molecular complexity index is 786. The van der Waals surface area contributed by atoms with Crippen LogP contribution < -0.4 is 10.6 Å². The molecular formula is C19H20N2O2. The largest absolute Gasteiger partial charge is 0.356 e. The van der Waals surface area contributed by atoms with Crippen molar-refractivity contribution in [3.8, 4) is 0 Å². The SMILES string of the molecule is O=C(c1ccc2ccccc2c1)C1CNCCC12CCNC2=O. The Kier molecular flexibility index (Phi) is 3.42. The summed E-state index contributed by atoms with van der Waals surface area (Å²) >= 11 is 0. The van der Waals surface area contributed by atoms with Crippen LogP contribution in [0.3, 0.4) is 0 Å². The lowest BCUT2D eigenvalue weighted by Gasteiger charge is -2.38. The number of Topliss-reactive ketones (excluding diaryl/α,β-unsaturated/α-hetero) is 1. The second kappa shape index (κ2) is 5.46. The fraction of sp³-hybridized carbons (Fsp3) is 0.368. The van der Waals surface area contributed by atoms with Crippen LogP contribution in [0, 0.1) is 11.3 Å². The number of benzene rings is 2. The van der Waals surface area contributed by atoms with Gasteiger partial charge in [0.1, 0.15) is 0 Å². The van der Waals surface area contributed by atoms with Crippen LogP contribution in [0.5, 0.6) is 0 Å². The van der Waals surface area contributed by atoms with Crippen LogP contribution in [0.4, 0.5) is 0 Å². The molecule has 4 rings (SSSR count). The van der Waals surface area contributed by atoms with Gasteiger partial charge in [-0.05, 0) is 36.2 Å². The van der Waals surface area contributed by atoms with E-state index in [2.05, 4.69) is 10.6 Å². The van der Waals surface area contributed by atoms with Crippen LogP contribution >= 0.6 is 0 Å². The van der Waals surface area contributed by atoms with Crippen molar-refractivity contribution >= 4 is 22.5 Å². The zero-order valence-electron chi connectivity index (χ0n) is 13.0. The molecule has 2 atom stereocenters. The molecule has 2 N–H and O–H groups in total. The molecule has 0 aliphatic carbocycles. The quantitative estimate of drug-likeness (QED) is 0.836. The summed E-state index contributed by atoms with van der Waals surface area (Å²) in [5.41, 5.74) is 0.185. The van der Waals surface area contributed by atoms with Crippen molar-refractivity contribution in [3.63, 3.8) is 0 Å². The van der Waals surface area contributed by atoms with Crippen molar-refractivity contribution in [2.75, 3.05) is 19.6 Å². The standard InChI is InChI=1S/C19H20N2O2/c22-17(15-6-5-13-3-1-2-4-14(13)11-15)16-12-20-9-7-19(16)8-10-21-18(19)23/h1-6,11,16,20H,7-10,12H2,(H,21,23). The number of hydrogen-bond acceptors (Lipinski definition) is 3. The predicted molar refractivity (Wildman–Crippen MR) is 89.3 cm³/mol. The Morgan fingerprint density at radius 3 is 2.61 bits per heavy atom. The van der Waals surface area contributed by atoms with Gasteiger partial charge in [0.15, 0.2) is 5.78 Å². The van der Waals surface area contributed by atoms with Crippen LogP contribution in [0.1, 0.15) is 23.2 Å². The van der Waals surface area contributed by atoms with Crippen molar-refractivity contribution in [2.24, 2.45) is 11.3 Å². The molecule has 1 spiro atoms. The lowest BCUT2D eigenvalue weighted by molar-refractivity contribution is -0.130. The fourth-order valence-electron chi connectivity index (χ4n) is 4.07. The van der Waals surface area contributed by atoms with Gasteiger partial charge in [0.25, 0.3) is 0 Å². The van der Waals surface area contributed by atoms with E-state index in [-0.39, 0.29) is 17.6 Å². The Morgan fingerprint density at radius 1 is 1.04 bits per heavy atom. The van der Waals surface area contributed by atoms with Gasteiger partial charge in [0.05, 0.1) is 5.41 Å². The zero-order chi connectivity index (χ0) is 15.9. The molecule has 118 valence electrons. The van der Waals surface area contributed by atoms with Gasteiger partial charge >= 0.3 is 0 Å². The summed E-state index contributed by atoms with van der Waals surface area (Å²) in [6.45, 7) is 2.06. The van der Waals surface area contributed by atoms with E-state index >= 15 is 0 Å². The highest BCUT2D eigenvalue weighted by Gasteiger charge is 2.52. The Morgan fingerprint density at radius 2 is 1.83 bits per heavy atom. The minimum Gasteiger partial charge on any atom is -0.356 e. The summed E-state index contributed by atoms with van der Waals surface area (Å²) in [4.78, 5) is 25.5. The minimum absolute atomic E-state index is 0.0538. The van der Waals surface area contributed by atoms with Crippen LogP contribution in [0.15, 0.2) is 42.5 Å². The van der Waals surface area contributed by atoms with E-state index in [1.807, 2.05) is 42.5 Å². The molecular weight excluding hydrogens is 288 g/mol. The molecule has 0 bridgehead atoms. The summed E-state index contributed by atoms with van der Waals surface area (Å²) < 4.78 is 0.